The first kappa shape index (κ1) is 25.8. The number of carbonyl (C=O) groups excluding carboxylic acids is 3. The highest BCUT2D eigenvalue weighted by molar-refractivity contribution is 5.87. The number of esters is 3. The second kappa shape index (κ2) is 11.2. The number of rotatable bonds is 10. The maximum Gasteiger partial charge on any atom is 0.356 e. The molecule has 1 heterocycles. The third-order valence-electron chi connectivity index (χ3n) is 4.31. The van der Waals surface area contributed by atoms with E-state index >= 15 is 0 Å². The summed E-state index contributed by atoms with van der Waals surface area (Å²) in [5.74, 6) is -4.17. The highest BCUT2D eigenvalue weighted by Crippen LogP contribution is 2.35. The smallest absolute Gasteiger partial charge is 0.356 e. The van der Waals surface area contributed by atoms with Crippen LogP contribution in [-0.2, 0) is 23.8 Å². The molecule has 0 saturated heterocycles. The van der Waals surface area contributed by atoms with Crippen molar-refractivity contribution >= 4 is 17.9 Å². The highest BCUT2D eigenvalue weighted by Gasteiger charge is 2.38. The van der Waals surface area contributed by atoms with E-state index in [4.69, 9.17) is 9.47 Å². The molecule has 0 saturated carbocycles. The Morgan fingerprint density at radius 1 is 1.13 bits per heavy atom. The van der Waals surface area contributed by atoms with Gasteiger partial charge in [-0.05, 0) is 33.3 Å². The summed E-state index contributed by atoms with van der Waals surface area (Å²) in [5.41, 5.74) is -0.685. The quantitative estimate of drug-likeness (QED) is 0.230. The third-order valence-corrected chi connectivity index (χ3v) is 4.31. The first-order chi connectivity index (χ1) is 14.4. The van der Waals surface area contributed by atoms with Crippen molar-refractivity contribution in [3.8, 4) is 5.88 Å². The minimum Gasteiger partial charge on any atom is -0.481 e. The minimum absolute atomic E-state index is 0.0536. The van der Waals surface area contributed by atoms with Crippen LogP contribution < -0.4 is 4.74 Å². The van der Waals surface area contributed by atoms with Crippen molar-refractivity contribution in [1.82, 2.24) is 4.98 Å². The lowest BCUT2D eigenvalue weighted by Gasteiger charge is -2.28. The normalized spacial score (nSPS) is 13.0. The molecule has 11 nitrogen and oxygen atoms in total. The van der Waals surface area contributed by atoms with E-state index in [1.54, 1.807) is 20.8 Å². The minimum atomic E-state index is -1.07. The maximum atomic E-state index is 12.9. The van der Waals surface area contributed by atoms with Crippen molar-refractivity contribution in [3.63, 3.8) is 0 Å². The Morgan fingerprint density at radius 3 is 2.26 bits per heavy atom. The molecule has 0 bridgehead atoms. The number of nitrogens with zero attached hydrogens (tertiary/aromatic N) is 2. The second-order valence-electron chi connectivity index (χ2n) is 7.66. The summed E-state index contributed by atoms with van der Waals surface area (Å²) < 4.78 is 20.0. The van der Waals surface area contributed by atoms with Crippen molar-refractivity contribution in [2.75, 3.05) is 27.9 Å². The van der Waals surface area contributed by atoms with E-state index in [1.807, 2.05) is 0 Å². The van der Waals surface area contributed by atoms with Crippen LogP contribution in [-0.4, -0.2) is 61.3 Å². The van der Waals surface area contributed by atoms with Gasteiger partial charge in [0.05, 0.1) is 33.2 Å². The van der Waals surface area contributed by atoms with Crippen molar-refractivity contribution < 1.29 is 38.3 Å². The number of methoxy groups -OCH3 is 3. The van der Waals surface area contributed by atoms with Crippen LogP contribution in [0.15, 0.2) is 12.1 Å². The number of pyridine rings is 1. The van der Waals surface area contributed by atoms with Crippen LogP contribution in [0.1, 0.15) is 55.6 Å². The summed E-state index contributed by atoms with van der Waals surface area (Å²) in [7, 11) is 3.68. The van der Waals surface area contributed by atoms with Gasteiger partial charge in [-0.1, -0.05) is 6.07 Å². The molecule has 172 valence electrons. The average molecular weight is 440 g/mol. The van der Waals surface area contributed by atoms with Gasteiger partial charge in [-0.2, -0.15) is 0 Å². The van der Waals surface area contributed by atoms with Gasteiger partial charge in [0.1, 0.15) is 5.60 Å². The zero-order valence-corrected chi connectivity index (χ0v) is 18.5. The van der Waals surface area contributed by atoms with Gasteiger partial charge in [0.15, 0.2) is 5.69 Å². The highest BCUT2D eigenvalue weighted by atomic mass is 16.6. The molecular formula is C20H28N2O9. The Kier molecular flexibility index (Phi) is 9.35. The maximum absolute atomic E-state index is 12.9. The van der Waals surface area contributed by atoms with Gasteiger partial charge in [-0.3, -0.25) is 19.7 Å². The Bertz CT molecular complexity index is 817. The second-order valence-corrected chi connectivity index (χ2v) is 7.66. The molecule has 0 unspecified atom stereocenters. The van der Waals surface area contributed by atoms with Gasteiger partial charge in [0.25, 0.3) is 0 Å². The summed E-state index contributed by atoms with van der Waals surface area (Å²) in [6, 6.07) is 2.74. The van der Waals surface area contributed by atoms with E-state index in [2.05, 4.69) is 14.5 Å². The summed E-state index contributed by atoms with van der Waals surface area (Å²) in [6.07, 6.45) is -0.202. The van der Waals surface area contributed by atoms with E-state index in [-0.39, 0.29) is 30.0 Å². The van der Waals surface area contributed by atoms with Crippen LogP contribution in [0.4, 0.5) is 0 Å². The number of nitro groups is 1. The molecule has 0 aliphatic heterocycles. The lowest BCUT2D eigenvalue weighted by atomic mass is 9.83. The van der Waals surface area contributed by atoms with Crippen molar-refractivity contribution in [3.05, 3.63) is 33.5 Å². The predicted molar refractivity (Wildman–Crippen MR) is 107 cm³/mol. The Morgan fingerprint density at radius 2 is 1.77 bits per heavy atom. The van der Waals surface area contributed by atoms with E-state index in [0.717, 1.165) is 0 Å². The molecule has 11 heteroatoms. The van der Waals surface area contributed by atoms with E-state index in [0.29, 0.717) is 0 Å². The Hall–Kier alpha value is -3.24. The fourth-order valence-corrected chi connectivity index (χ4v) is 2.95. The van der Waals surface area contributed by atoms with Gasteiger partial charge >= 0.3 is 17.9 Å². The fourth-order valence-electron chi connectivity index (χ4n) is 2.95. The molecule has 0 radical (unpaired) electrons. The summed E-state index contributed by atoms with van der Waals surface area (Å²) in [5, 5.41) is 11.4. The van der Waals surface area contributed by atoms with Gasteiger partial charge < -0.3 is 18.9 Å². The summed E-state index contributed by atoms with van der Waals surface area (Å²) in [6.45, 7) is 4.34. The molecule has 0 fully saturated rings. The molecule has 0 aromatic carbocycles. The van der Waals surface area contributed by atoms with E-state index in [9.17, 15) is 24.5 Å². The van der Waals surface area contributed by atoms with Crippen LogP contribution in [0.2, 0.25) is 0 Å². The number of ether oxygens (including phenoxy) is 4. The number of carbonyl (C=O) groups is 3. The largest absolute Gasteiger partial charge is 0.481 e. The lowest BCUT2D eigenvalue weighted by Crippen LogP contribution is -2.34. The van der Waals surface area contributed by atoms with Crippen LogP contribution in [0.25, 0.3) is 0 Å². The molecule has 1 aromatic heterocycles. The molecule has 0 N–H and O–H groups in total. The van der Waals surface area contributed by atoms with Crippen LogP contribution in [0, 0.1) is 16.0 Å². The standard InChI is InChI=1S/C20H28N2O9/c1-20(2,3)31-18(24)13(8-10-16(23)28-4)14(11-22(26)27)12-7-9-15(19(25)30-6)21-17(12)29-5/h7,9,13-14H,8,10-11H2,1-6H3/t13-,14+/m0/s1. The van der Waals surface area contributed by atoms with Gasteiger partial charge in [-0.15, -0.1) is 0 Å². The SMILES string of the molecule is COC(=O)CC[C@H](C(=O)OC(C)(C)C)[C@H](C[N+](=O)[O-])c1ccc(C(=O)OC)nc1OC. The van der Waals surface area contributed by atoms with Gasteiger partial charge in [-0.25, -0.2) is 9.78 Å². The zero-order chi connectivity index (χ0) is 23.8. The predicted octanol–water partition coefficient (Wildman–Crippen LogP) is 2.15. The number of hydrogen-bond acceptors (Lipinski definition) is 10. The molecule has 1 rings (SSSR count). The first-order valence-electron chi connectivity index (χ1n) is 9.48. The zero-order valence-electron chi connectivity index (χ0n) is 18.5. The van der Waals surface area contributed by atoms with Crippen LogP contribution in [0.5, 0.6) is 5.88 Å². The third kappa shape index (κ3) is 7.83. The molecule has 1 aromatic rings. The topological polar surface area (TPSA) is 144 Å². The fraction of sp³-hybridized carbons (Fsp3) is 0.600. The molecule has 2 atom stereocenters. The Labute approximate surface area is 180 Å². The first-order valence-corrected chi connectivity index (χ1v) is 9.48. The lowest BCUT2D eigenvalue weighted by molar-refractivity contribution is -0.484. The monoisotopic (exact) mass is 440 g/mol. The van der Waals surface area contributed by atoms with Crippen LogP contribution >= 0.6 is 0 Å². The van der Waals surface area contributed by atoms with Crippen molar-refractivity contribution in [2.24, 2.45) is 5.92 Å². The van der Waals surface area contributed by atoms with Crippen molar-refractivity contribution in [1.29, 1.82) is 0 Å². The number of hydrogen-bond donors (Lipinski definition) is 0. The van der Waals surface area contributed by atoms with Crippen LogP contribution in [0.3, 0.4) is 0 Å². The van der Waals surface area contributed by atoms with Crippen molar-refractivity contribution in [2.45, 2.75) is 45.1 Å². The summed E-state index contributed by atoms with van der Waals surface area (Å²) in [4.78, 5) is 51.3. The Balaban J connectivity index is 3.49. The molecule has 0 aliphatic rings. The van der Waals surface area contributed by atoms with Gasteiger partial charge in [0, 0.05) is 16.9 Å². The molecule has 0 aliphatic carbocycles. The molecule has 0 amide bonds. The average Bonchev–Trinajstić information content (AvgIpc) is 2.70. The molecule has 0 spiro atoms. The van der Waals surface area contributed by atoms with E-state index in [1.165, 1.54) is 33.5 Å². The molecule has 31 heavy (non-hydrogen) atoms. The number of aromatic nitrogens is 1. The van der Waals surface area contributed by atoms with Gasteiger partial charge in [0.2, 0.25) is 12.4 Å². The molecular weight excluding hydrogens is 412 g/mol. The van der Waals surface area contributed by atoms with E-state index < -0.39 is 46.8 Å². The summed E-state index contributed by atoms with van der Waals surface area (Å²) >= 11 is 0.